The molecule has 0 aliphatic rings. The van der Waals surface area contributed by atoms with Gasteiger partial charge in [0.05, 0.1) is 7.11 Å². The lowest BCUT2D eigenvalue weighted by Gasteiger charge is -1.98. The number of methoxy groups -OCH3 is 1. The second-order valence-corrected chi connectivity index (χ2v) is 3.67. The average Bonchev–Trinajstić information content (AvgIpc) is 2.31. The fourth-order valence-electron chi connectivity index (χ4n) is 1.28. The molecule has 1 N–H and O–H groups in total. The maximum Gasteiger partial charge on any atom is 0.305 e. The zero-order chi connectivity index (χ0) is 12.1. The molecular formula is C13H22O3. The summed E-state index contributed by atoms with van der Waals surface area (Å²) in [7, 11) is 1.42. The molecule has 0 aliphatic carbocycles. The number of unbranched alkanes of at least 4 members (excludes halogenated alkanes) is 5. The Morgan fingerprint density at radius 2 is 1.69 bits per heavy atom. The van der Waals surface area contributed by atoms with E-state index in [0.29, 0.717) is 6.42 Å². The quantitative estimate of drug-likeness (QED) is 0.392. The van der Waals surface area contributed by atoms with Crippen molar-refractivity contribution < 1.29 is 14.6 Å². The van der Waals surface area contributed by atoms with E-state index in [1.807, 2.05) is 0 Å². The van der Waals surface area contributed by atoms with E-state index in [4.69, 9.17) is 5.11 Å². The molecule has 0 heterocycles. The van der Waals surface area contributed by atoms with E-state index < -0.39 is 0 Å². The van der Waals surface area contributed by atoms with Crippen LogP contribution in [0.1, 0.15) is 51.4 Å². The predicted octanol–water partition coefficient (Wildman–Crippen LogP) is 2.28. The number of hydrogen-bond donors (Lipinski definition) is 1. The lowest BCUT2D eigenvalue weighted by molar-refractivity contribution is -0.140. The number of aliphatic hydroxyl groups excluding tert-OH is 1. The highest BCUT2D eigenvalue weighted by atomic mass is 16.5. The van der Waals surface area contributed by atoms with Gasteiger partial charge in [-0.05, 0) is 19.3 Å². The monoisotopic (exact) mass is 226 g/mol. The van der Waals surface area contributed by atoms with Crippen LogP contribution in [-0.2, 0) is 9.53 Å². The highest BCUT2D eigenvalue weighted by Crippen LogP contribution is 2.05. The molecule has 0 saturated carbocycles. The maximum atomic E-state index is 10.8. The Kier molecular flexibility index (Phi) is 11.3. The first kappa shape index (κ1) is 15.0. The maximum absolute atomic E-state index is 10.8. The number of carbonyl (C=O) groups excluding carboxylic acids is 1. The van der Waals surface area contributed by atoms with Crippen molar-refractivity contribution in [1.82, 2.24) is 0 Å². The molecule has 0 spiro atoms. The summed E-state index contributed by atoms with van der Waals surface area (Å²) in [6.07, 6.45) is 7.18. The van der Waals surface area contributed by atoms with Crippen LogP contribution >= 0.6 is 0 Å². The smallest absolute Gasteiger partial charge is 0.305 e. The molecule has 0 unspecified atom stereocenters. The summed E-state index contributed by atoms with van der Waals surface area (Å²) in [5.74, 6) is 5.98. The van der Waals surface area contributed by atoms with Gasteiger partial charge in [-0.2, -0.15) is 0 Å². The van der Waals surface area contributed by atoms with Crippen LogP contribution < -0.4 is 0 Å². The number of hydrogen-bond acceptors (Lipinski definition) is 3. The Hall–Kier alpha value is -1.01. The van der Waals surface area contributed by atoms with Gasteiger partial charge in [-0.15, -0.1) is 11.8 Å². The van der Waals surface area contributed by atoms with E-state index >= 15 is 0 Å². The van der Waals surface area contributed by atoms with Crippen LogP contribution in [0.3, 0.4) is 0 Å². The molecule has 3 heteroatoms. The van der Waals surface area contributed by atoms with Gasteiger partial charge in [0.15, 0.2) is 0 Å². The Morgan fingerprint density at radius 1 is 1.06 bits per heavy atom. The van der Waals surface area contributed by atoms with Crippen LogP contribution in [-0.4, -0.2) is 24.8 Å². The van der Waals surface area contributed by atoms with Crippen LogP contribution in [0.4, 0.5) is 0 Å². The molecule has 0 aromatic rings. The SMILES string of the molecule is COC(=O)CCCCCCC#CCCCO. The topological polar surface area (TPSA) is 46.5 Å². The molecule has 0 fully saturated rings. The molecular weight excluding hydrogens is 204 g/mol. The van der Waals surface area contributed by atoms with Crippen LogP contribution in [0.2, 0.25) is 0 Å². The minimum absolute atomic E-state index is 0.121. The van der Waals surface area contributed by atoms with Crippen molar-refractivity contribution in [2.45, 2.75) is 51.4 Å². The molecule has 0 amide bonds. The summed E-state index contributed by atoms with van der Waals surface area (Å²) in [6, 6.07) is 0. The molecule has 16 heavy (non-hydrogen) atoms. The minimum Gasteiger partial charge on any atom is -0.469 e. The standard InChI is InChI=1S/C13H22O3/c1-16-13(15)11-9-7-5-3-2-4-6-8-10-12-14/h14H,2-3,5,7-12H2,1H3. The first-order valence-corrected chi connectivity index (χ1v) is 5.94. The van der Waals surface area contributed by atoms with E-state index in [2.05, 4.69) is 16.6 Å². The summed E-state index contributed by atoms with van der Waals surface area (Å²) >= 11 is 0. The Balaban J connectivity index is 3.14. The molecule has 0 saturated heterocycles. The highest BCUT2D eigenvalue weighted by molar-refractivity contribution is 5.68. The number of ether oxygens (including phenoxy) is 1. The van der Waals surface area contributed by atoms with Crippen molar-refractivity contribution in [3.8, 4) is 11.8 Å². The zero-order valence-electron chi connectivity index (χ0n) is 10.1. The van der Waals surface area contributed by atoms with Crippen molar-refractivity contribution in [2.24, 2.45) is 0 Å². The van der Waals surface area contributed by atoms with E-state index in [1.165, 1.54) is 7.11 Å². The lowest BCUT2D eigenvalue weighted by atomic mass is 10.1. The lowest BCUT2D eigenvalue weighted by Crippen LogP contribution is -1.98. The Morgan fingerprint density at radius 3 is 2.31 bits per heavy atom. The fraction of sp³-hybridized carbons (Fsp3) is 0.769. The third-order valence-corrected chi connectivity index (χ3v) is 2.25. The zero-order valence-corrected chi connectivity index (χ0v) is 10.1. The van der Waals surface area contributed by atoms with Gasteiger partial charge in [0.1, 0.15) is 0 Å². The average molecular weight is 226 g/mol. The second-order valence-electron chi connectivity index (χ2n) is 3.67. The first-order chi connectivity index (χ1) is 7.81. The number of aliphatic hydroxyl groups is 1. The molecule has 0 radical (unpaired) electrons. The predicted molar refractivity (Wildman–Crippen MR) is 63.8 cm³/mol. The number of carbonyl (C=O) groups is 1. The molecule has 0 aliphatic heterocycles. The van der Waals surface area contributed by atoms with E-state index in [1.54, 1.807) is 0 Å². The molecule has 0 atom stereocenters. The van der Waals surface area contributed by atoms with Crippen molar-refractivity contribution >= 4 is 5.97 Å². The first-order valence-electron chi connectivity index (χ1n) is 5.94. The van der Waals surface area contributed by atoms with Gasteiger partial charge in [-0.3, -0.25) is 4.79 Å². The summed E-state index contributed by atoms with van der Waals surface area (Å²) < 4.78 is 4.55. The van der Waals surface area contributed by atoms with Gasteiger partial charge in [0.25, 0.3) is 0 Å². The molecule has 92 valence electrons. The normalized spacial score (nSPS) is 9.38. The van der Waals surface area contributed by atoms with Crippen molar-refractivity contribution in [1.29, 1.82) is 0 Å². The summed E-state index contributed by atoms with van der Waals surface area (Å²) in [5.41, 5.74) is 0. The summed E-state index contributed by atoms with van der Waals surface area (Å²) in [4.78, 5) is 10.8. The highest BCUT2D eigenvalue weighted by Gasteiger charge is 1.98. The van der Waals surface area contributed by atoms with Crippen LogP contribution in [0.25, 0.3) is 0 Å². The minimum atomic E-state index is -0.121. The van der Waals surface area contributed by atoms with E-state index in [9.17, 15) is 4.79 Å². The third-order valence-electron chi connectivity index (χ3n) is 2.25. The van der Waals surface area contributed by atoms with Gasteiger partial charge >= 0.3 is 5.97 Å². The van der Waals surface area contributed by atoms with Crippen LogP contribution in [0, 0.1) is 11.8 Å². The van der Waals surface area contributed by atoms with Crippen LogP contribution in [0.5, 0.6) is 0 Å². The van der Waals surface area contributed by atoms with Gasteiger partial charge in [-0.25, -0.2) is 0 Å². The van der Waals surface area contributed by atoms with E-state index in [0.717, 1.165) is 44.9 Å². The van der Waals surface area contributed by atoms with Crippen molar-refractivity contribution in [2.75, 3.05) is 13.7 Å². The Bertz CT molecular complexity index is 225. The van der Waals surface area contributed by atoms with E-state index in [-0.39, 0.29) is 12.6 Å². The van der Waals surface area contributed by atoms with Gasteiger partial charge in [0, 0.05) is 25.9 Å². The molecule has 0 rings (SSSR count). The molecule has 0 bridgehead atoms. The second kappa shape index (κ2) is 12.1. The van der Waals surface area contributed by atoms with Crippen molar-refractivity contribution in [3.05, 3.63) is 0 Å². The summed E-state index contributed by atoms with van der Waals surface area (Å²) in [6.45, 7) is 0.224. The summed E-state index contributed by atoms with van der Waals surface area (Å²) in [5, 5.41) is 8.53. The molecule has 0 aromatic heterocycles. The number of rotatable bonds is 8. The number of esters is 1. The molecule has 3 nitrogen and oxygen atoms in total. The molecule has 0 aromatic carbocycles. The van der Waals surface area contributed by atoms with Gasteiger partial charge in [-0.1, -0.05) is 12.8 Å². The van der Waals surface area contributed by atoms with Crippen LogP contribution in [0.15, 0.2) is 0 Å². The van der Waals surface area contributed by atoms with Gasteiger partial charge in [0.2, 0.25) is 0 Å². The van der Waals surface area contributed by atoms with Crippen molar-refractivity contribution in [3.63, 3.8) is 0 Å². The largest absolute Gasteiger partial charge is 0.469 e. The fourth-order valence-corrected chi connectivity index (χ4v) is 1.28. The third kappa shape index (κ3) is 11.1. The van der Waals surface area contributed by atoms with Gasteiger partial charge < -0.3 is 9.84 Å². The Labute approximate surface area is 98.2 Å².